The molecule has 0 aromatic rings. The van der Waals surface area contributed by atoms with E-state index < -0.39 is 16.4 Å². The second-order valence-corrected chi connectivity index (χ2v) is 3.36. The Morgan fingerprint density at radius 1 is 1.58 bits per heavy atom. The van der Waals surface area contributed by atoms with Gasteiger partial charge in [-0.15, -0.1) is 11.6 Å². The fraction of sp³-hybridized carbons (Fsp3) is 0.750. The van der Waals surface area contributed by atoms with E-state index in [0.717, 1.165) is 0 Å². The fourth-order valence-electron chi connectivity index (χ4n) is 0.392. The minimum absolute atomic E-state index is 0.248. The van der Waals surface area contributed by atoms with E-state index in [0.29, 0.717) is 12.3 Å². The van der Waals surface area contributed by atoms with E-state index in [4.69, 9.17) is 11.6 Å². The number of carbonyl (C=O) groups excluding carboxylic acids is 1. The average molecular weight is 217 g/mol. The van der Waals surface area contributed by atoms with Gasteiger partial charge in [-0.25, -0.2) is 4.79 Å². The predicted molar refractivity (Wildman–Crippen MR) is 42.9 cm³/mol. The summed E-state index contributed by atoms with van der Waals surface area (Å²) < 4.78 is 24.0. The number of nitrogens with one attached hydrogen (secondary N) is 1. The van der Waals surface area contributed by atoms with Gasteiger partial charge in [-0.2, -0.15) is 13.6 Å². The van der Waals surface area contributed by atoms with Gasteiger partial charge in [0.1, 0.15) is 0 Å². The third-order valence-corrected chi connectivity index (χ3v) is 1.42. The van der Waals surface area contributed by atoms with Crippen LogP contribution in [0, 0.1) is 0 Å². The smallest absolute Gasteiger partial charge is 0.320 e. The summed E-state index contributed by atoms with van der Waals surface area (Å²) in [6.45, 7) is 0.248. The number of amides is 1. The van der Waals surface area contributed by atoms with E-state index in [-0.39, 0.29) is 6.54 Å². The van der Waals surface area contributed by atoms with E-state index >= 15 is 0 Å². The molecule has 0 fully saturated rings. The molecular weight excluding hydrogens is 208 g/mol. The van der Waals surface area contributed by atoms with Gasteiger partial charge in [0.15, 0.2) is 0 Å². The molecule has 0 aliphatic rings. The fourth-order valence-corrected chi connectivity index (χ4v) is 0.796. The third kappa shape index (κ3) is 7.58. The lowest BCUT2D eigenvalue weighted by molar-refractivity contribution is 0.202. The van der Waals surface area contributed by atoms with Crippen molar-refractivity contribution in [2.45, 2.75) is 6.42 Å². The largest absolute Gasteiger partial charge is 0.423 e. The van der Waals surface area contributed by atoms with Gasteiger partial charge in [-0.05, 0) is 6.42 Å². The summed E-state index contributed by atoms with van der Waals surface area (Å²) in [5, 5.41) is 6.54. The van der Waals surface area contributed by atoms with Crippen LogP contribution < -0.4 is 10.5 Å². The monoisotopic (exact) mass is 216 g/mol. The van der Waals surface area contributed by atoms with Crippen LogP contribution in [0.4, 0.5) is 4.79 Å². The van der Waals surface area contributed by atoms with Crippen LogP contribution in [0.3, 0.4) is 0 Å². The molecule has 0 aromatic carbocycles. The first-order chi connectivity index (χ1) is 5.45. The Kier molecular flexibility index (Phi) is 4.95. The van der Waals surface area contributed by atoms with Crippen molar-refractivity contribution in [2.24, 2.45) is 5.14 Å². The Hall–Kier alpha value is -0.530. The van der Waals surface area contributed by atoms with Crippen LogP contribution >= 0.6 is 11.6 Å². The van der Waals surface area contributed by atoms with Crippen LogP contribution in [0.25, 0.3) is 0 Å². The number of hydrogen-bond donors (Lipinski definition) is 2. The minimum atomic E-state index is -4.21. The summed E-state index contributed by atoms with van der Waals surface area (Å²) in [6.07, 6.45) is -0.566. The zero-order valence-corrected chi connectivity index (χ0v) is 7.69. The maximum atomic E-state index is 10.5. The second kappa shape index (κ2) is 5.18. The van der Waals surface area contributed by atoms with E-state index in [9.17, 15) is 13.2 Å². The Labute approximate surface area is 75.3 Å². The topological polar surface area (TPSA) is 98.5 Å². The molecule has 0 aliphatic carbocycles. The zero-order chi connectivity index (χ0) is 9.61. The van der Waals surface area contributed by atoms with Crippen LogP contribution in [0.5, 0.6) is 0 Å². The highest BCUT2D eigenvalue weighted by Gasteiger charge is 2.09. The summed E-state index contributed by atoms with van der Waals surface area (Å²) in [5.41, 5.74) is 0. The standard InChI is InChI=1S/C4H9ClN2O4S/c5-2-1-3-7-4(8)11-12(6,9)10/h1-3H2,(H,7,8)(H2,6,9,10). The number of alkyl halides is 1. The van der Waals surface area contributed by atoms with E-state index in [1.165, 1.54) is 0 Å². The van der Waals surface area contributed by atoms with Gasteiger partial charge < -0.3 is 9.50 Å². The molecule has 0 saturated heterocycles. The minimum Gasteiger partial charge on any atom is -0.320 e. The lowest BCUT2D eigenvalue weighted by Gasteiger charge is -2.01. The number of rotatable bonds is 4. The summed E-state index contributed by atoms with van der Waals surface area (Å²) >= 11 is 5.28. The van der Waals surface area contributed by atoms with Crippen molar-refractivity contribution in [1.29, 1.82) is 0 Å². The van der Waals surface area contributed by atoms with Gasteiger partial charge >= 0.3 is 16.4 Å². The first-order valence-electron chi connectivity index (χ1n) is 3.01. The molecule has 0 spiro atoms. The van der Waals surface area contributed by atoms with Gasteiger partial charge in [0.2, 0.25) is 0 Å². The molecular formula is C4H9ClN2O4S. The third-order valence-electron chi connectivity index (χ3n) is 0.772. The lowest BCUT2D eigenvalue weighted by Crippen LogP contribution is -2.30. The van der Waals surface area contributed by atoms with Crippen molar-refractivity contribution < 1.29 is 17.4 Å². The van der Waals surface area contributed by atoms with Crippen molar-refractivity contribution in [1.82, 2.24) is 5.32 Å². The molecule has 0 unspecified atom stereocenters. The van der Waals surface area contributed by atoms with E-state index in [1.54, 1.807) is 0 Å². The number of nitrogens with two attached hydrogens (primary N) is 1. The first kappa shape index (κ1) is 11.5. The Balaban J connectivity index is 3.62. The van der Waals surface area contributed by atoms with Crippen LogP contribution in [0.1, 0.15) is 6.42 Å². The predicted octanol–water partition coefficient (Wildman–Crippen LogP) is -0.455. The van der Waals surface area contributed by atoms with Crippen LogP contribution in [0.2, 0.25) is 0 Å². The quantitative estimate of drug-likeness (QED) is 0.491. The molecule has 0 bridgehead atoms. The Morgan fingerprint density at radius 3 is 2.58 bits per heavy atom. The molecule has 72 valence electrons. The van der Waals surface area contributed by atoms with Gasteiger partial charge in [-0.1, -0.05) is 0 Å². The van der Waals surface area contributed by atoms with Crippen molar-refractivity contribution >= 4 is 28.0 Å². The van der Waals surface area contributed by atoms with Gasteiger partial charge in [-0.3, -0.25) is 0 Å². The molecule has 12 heavy (non-hydrogen) atoms. The van der Waals surface area contributed by atoms with E-state index in [2.05, 4.69) is 14.6 Å². The van der Waals surface area contributed by atoms with Crippen molar-refractivity contribution in [3.05, 3.63) is 0 Å². The van der Waals surface area contributed by atoms with Crippen molar-refractivity contribution in [3.8, 4) is 0 Å². The van der Waals surface area contributed by atoms with Crippen LogP contribution in [0.15, 0.2) is 0 Å². The Bertz CT molecular complexity index is 239. The molecule has 1 amide bonds. The summed E-state index contributed by atoms with van der Waals surface area (Å²) in [5.74, 6) is 0.371. The van der Waals surface area contributed by atoms with Crippen molar-refractivity contribution in [3.63, 3.8) is 0 Å². The highest BCUT2D eigenvalue weighted by Crippen LogP contribution is 1.85. The van der Waals surface area contributed by atoms with Crippen molar-refractivity contribution in [2.75, 3.05) is 12.4 Å². The SMILES string of the molecule is NS(=O)(=O)OC(=O)NCCCCl. The molecule has 0 saturated carbocycles. The van der Waals surface area contributed by atoms with Gasteiger partial charge in [0.25, 0.3) is 0 Å². The molecule has 0 aromatic heterocycles. The maximum absolute atomic E-state index is 10.5. The molecule has 0 radical (unpaired) electrons. The van der Waals surface area contributed by atoms with E-state index in [1.807, 2.05) is 0 Å². The van der Waals surface area contributed by atoms with Crippen LogP contribution in [-0.4, -0.2) is 26.9 Å². The molecule has 0 atom stereocenters. The number of hydrogen-bond acceptors (Lipinski definition) is 4. The molecule has 3 N–H and O–H groups in total. The molecule has 0 rings (SSSR count). The lowest BCUT2D eigenvalue weighted by atomic mass is 10.5. The highest BCUT2D eigenvalue weighted by atomic mass is 35.5. The maximum Gasteiger partial charge on any atom is 0.423 e. The first-order valence-corrected chi connectivity index (χ1v) is 5.02. The summed E-state index contributed by atoms with van der Waals surface area (Å²) in [6, 6.07) is 0. The normalized spacial score (nSPS) is 10.8. The van der Waals surface area contributed by atoms with Gasteiger partial charge in [0, 0.05) is 12.4 Å². The molecule has 0 aliphatic heterocycles. The van der Waals surface area contributed by atoms with Crippen LogP contribution in [-0.2, 0) is 14.5 Å². The Morgan fingerprint density at radius 2 is 2.17 bits per heavy atom. The number of halogens is 1. The highest BCUT2D eigenvalue weighted by molar-refractivity contribution is 7.84. The molecule has 0 heterocycles. The van der Waals surface area contributed by atoms with Gasteiger partial charge in [0.05, 0.1) is 0 Å². The number of carbonyl (C=O) groups is 1. The second-order valence-electron chi connectivity index (χ2n) is 1.83. The average Bonchev–Trinajstić information content (AvgIpc) is 1.84. The summed E-state index contributed by atoms with van der Waals surface area (Å²) in [4.78, 5) is 10.5. The molecule has 8 heteroatoms. The molecule has 6 nitrogen and oxygen atoms in total. The zero-order valence-electron chi connectivity index (χ0n) is 6.12. The summed E-state index contributed by atoms with van der Waals surface area (Å²) in [7, 11) is -4.21.